The molecule has 1 aromatic carbocycles. The lowest BCUT2D eigenvalue weighted by atomic mass is 10.1. The zero-order chi connectivity index (χ0) is 9.42. The van der Waals surface area contributed by atoms with Crippen molar-refractivity contribution in [1.29, 1.82) is 0 Å². The van der Waals surface area contributed by atoms with Gasteiger partial charge in [-0.2, -0.15) is 0 Å². The summed E-state index contributed by atoms with van der Waals surface area (Å²) in [7, 11) is 0. The molecule has 2 nitrogen and oxygen atoms in total. The molecule has 0 amide bonds. The number of hydrogen-bond acceptors (Lipinski definition) is 2. The highest BCUT2D eigenvalue weighted by Gasteiger charge is 2.13. The SMILES string of the molecule is Cc1cc2c(cc1C)NC(C)CN2. The predicted octanol–water partition coefficient (Wildman–Crippen LogP) is 2.53. The zero-order valence-corrected chi connectivity index (χ0v) is 8.44. The molecule has 1 heterocycles. The van der Waals surface area contributed by atoms with E-state index in [0.717, 1.165) is 6.54 Å². The first-order valence-electron chi connectivity index (χ1n) is 4.78. The third kappa shape index (κ3) is 1.48. The Bertz CT molecular complexity index is 331. The number of aryl methyl sites for hydroxylation is 2. The van der Waals surface area contributed by atoms with Gasteiger partial charge in [-0.05, 0) is 44.0 Å². The number of benzene rings is 1. The van der Waals surface area contributed by atoms with Gasteiger partial charge in [-0.1, -0.05) is 0 Å². The standard InChI is InChI=1S/C11H16N2/c1-7-4-10-11(5-8(7)2)13-9(3)6-12-10/h4-5,9,12-13H,6H2,1-3H3. The van der Waals surface area contributed by atoms with Crippen LogP contribution in [-0.2, 0) is 0 Å². The van der Waals surface area contributed by atoms with Gasteiger partial charge in [0.15, 0.2) is 0 Å². The number of fused-ring (bicyclic) bond motifs is 1. The van der Waals surface area contributed by atoms with Crippen LogP contribution in [0.5, 0.6) is 0 Å². The lowest BCUT2D eigenvalue weighted by Crippen LogP contribution is -2.30. The van der Waals surface area contributed by atoms with Crippen LogP contribution < -0.4 is 10.6 Å². The quantitative estimate of drug-likeness (QED) is 0.634. The number of hydrogen-bond donors (Lipinski definition) is 2. The Morgan fingerprint density at radius 1 is 1.15 bits per heavy atom. The molecule has 0 radical (unpaired) electrons. The first-order valence-corrected chi connectivity index (χ1v) is 4.78. The van der Waals surface area contributed by atoms with Crippen LogP contribution in [-0.4, -0.2) is 12.6 Å². The molecule has 0 aliphatic carbocycles. The summed E-state index contributed by atoms with van der Waals surface area (Å²) in [6, 6.07) is 4.95. The lowest BCUT2D eigenvalue weighted by Gasteiger charge is -2.26. The average Bonchev–Trinajstić information content (AvgIpc) is 2.08. The van der Waals surface area contributed by atoms with E-state index >= 15 is 0 Å². The van der Waals surface area contributed by atoms with Crippen molar-refractivity contribution in [3.8, 4) is 0 Å². The molecule has 0 saturated heterocycles. The van der Waals surface area contributed by atoms with E-state index in [0.29, 0.717) is 6.04 Å². The van der Waals surface area contributed by atoms with Crippen molar-refractivity contribution in [1.82, 2.24) is 0 Å². The average molecular weight is 176 g/mol. The second-order valence-corrected chi connectivity index (χ2v) is 3.91. The fourth-order valence-electron chi connectivity index (χ4n) is 1.66. The maximum absolute atomic E-state index is 3.47. The molecule has 2 rings (SSSR count). The van der Waals surface area contributed by atoms with E-state index in [1.54, 1.807) is 0 Å². The van der Waals surface area contributed by atoms with Crippen LogP contribution in [0.3, 0.4) is 0 Å². The van der Waals surface area contributed by atoms with Crippen molar-refractivity contribution in [3.05, 3.63) is 23.3 Å². The molecular formula is C11H16N2. The Morgan fingerprint density at radius 2 is 1.77 bits per heavy atom. The van der Waals surface area contributed by atoms with Gasteiger partial charge in [-0.3, -0.25) is 0 Å². The molecule has 2 N–H and O–H groups in total. The third-order valence-electron chi connectivity index (χ3n) is 2.63. The summed E-state index contributed by atoms with van der Waals surface area (Å²) >= 11 is 0. The Balaban J connectivity index is 2.43. The number of anilines is 2. The molecule has 0 spiro atoms. The summed E-state index contributed by atoms with van der Waals surface area (Å²) in [5.41, 5.74) is 5.17. The van der Waals surface area contributed by atoms with Gasteiger partial charge < -0.3 is 10.6 Å². The normalized spacial score (nSPS) is 20.1. The van der Waals surface area contributed by atoms with Crippen molar-refractivity contribution in [2.45, 2.75) is 26.8 Å². The van der Waals surface area contributed by atoms with E-state index in [2.05, 4.69) is 43.5 Å². The van der Waals surface area contributed by atoms with Crippen LogP contribution in [0.1, 0.15) is 18.1 Å². The van der Waals surface area contributed by atoms with Crippen molar-refractivity contribution >= 4 is 11.4 Å². The molecule has 1 aliphatic rings. The Hall–Kier alpha value is -1.18. The van der Waals surface area contributed by atoms with Gasteiger partial charge >= 0.3 is 0 Å². The molecule has 0 fully saturated rings. The zero-order valence-electron chi connectivity index (χ0n) is 8.44. The fourth-order valence-corrected chi connectivity index (χ4v) is 1.66. The molecule has 0 saturated carbocycles. The minimum atomic E-state index is 0.523. The van der Waals surface area contributed by atoms with Crippen LogP contribution in [0.25, 0.3) is 0 Å². The van der Waals surface area contributed by atoms with Gasteiger partial charge in [-0.25, -0.2) is 0 Å². The predicted molar refractivity (Wildman–Crippen MR) is 57.5 cm³/mol. The fraction of sp³-hybridized carbons (Fsp3) is 0.455. The molecule has 13 heavy (non-hydrogen) atoms. The van der Waals surface area contributed by atoms with Crippen molar-refractivity contribution in [2.24, 2.45) is 0 Å². The number of nitrogens with one attached hydrogen (secondary N) is 2. The summed E-state index contributed by atoms with van der Waals surface area (Å²) in [6.45, 7) is 7.49. The lowest BCUT2D eigenvalue weighted by molar-refractivity contribution is 0.817. The minimum absolute atomic E-state index is 0.523. The molecule has 2 heteroatoms. The summed E-state index contributed by atoms with van der Waals surface area (Å²) in [4.78, 5) is 0. The Morgan fingerprint density at radius 3 is 2.46 bits per heavy atom. The molecule has 70 valence electrons. The van der Waals surface area contributed by atoms with Crippen LogP contribution in [0.2, 0.25) is 0 Å². The molecule has 1 aromatic rings. The summed E-state index contributed by atoms with van der Waals surface area (Å²) < 4.78 is 0. The Labute approximate surface area is 79.4 Å². The summed E-state index contributed by atoms with van der Waals surface area (Å²) in [5.74, 6) is 0. The van der Waals surface area contributed by atoms with Crippen molar-refractivity contribution < 1.29 is 0 Å². The monoisotopic (exact) mass is 176 g/mol. The topological polar surface area (TPSA) is 24.1 Å². The Kier molecular flexibility index (Phi) is 1.91. The van der Waals surface area contributed by atoms with Gasteiger partial charge in [0.1, 0.15) is 0 Å². The van der Waals surface area contributed by atoms with Crippen LogP contribution in [0.4, 0.5) is 11.4 Å². The largest absolute Gasteiger partial charge is 0.381 e. The van der Waals surface area contributed by atoms with Gasteiger partial charge in [0.2, 0.25) is 0 Å². The van der Waals surface area contributed by atoms with E-state index in [-0.39, 0.29) is 0 Å². The van der Waals surface area contributed by atoms with Crippen LogP contribution in [0, 0.1) is 13.8 Å². The molecule has 1 atom stereocenters. The highest BCUT2D eigenvalue weighted by Crippen LogP contribution is 2.28. The minimum Gasteiger partial charge on any atom is -0.381 e. The van der Waals surface area contributed by atoms with Crippen molar-refractivity contribution in [2.75, 3.05) is 17.2 Å². The van der Waals surface area contributed by atoms with Gasteiger partial charge in [0, 0.05) is 12.6 Å². The molecule has 0 bridgehead atoms. The highest BCUT2D eigenvalue weighted by molar-refractivity contribution is 5.73. The number of rotatable bonds is 0. The van der Waals surface area contributed by atoms with Gasteiger partial charge in [-0.15, -0.1) is 0 Å². The van der Waals surface area contributed by atoms with E-state index in [1.165, 1.54) is 22.5 Å². The smallest absolute Gasteiger partial charge is 0.0581 e. The molecular weight excluding hydrogens is 160 g/mol. The summed E-state index contributed by atoms with van der Waals surface area (Å²) in [6.07, 6.45) is 0. The maximum Gasteiger partial charge on any atom is 0.0581 e. The van der Waals surface area contributed by atoms with Gasteiger partial charge in [0.05, 0.1) is 11.4 Å². The van der Waals surface area contributed by atoms with E-state index < -0.39 is 0 Å². The van der Waals surface area contributed by atoms with Crippen molar-refractivity contribution in [3.63, 3.8) is 0 Å². The first-order chi connectivity index (χ1) is 6.16. The second-order valence-electron chi connectivity index (χ2n) is 3.91. The maximum atomic E-state index is 3.47. The van der Waals surface area contributed by atoms with Crippen LogP contribution in [0.15, 0.2) is 12.1 Å². The second kappa shape index (κ2) is 2.95. The molecule has 1 aliphatic heterocycles. The summed E-state index contributed by atoms with van der Waals surface area (Å²) in [5, 5.41) is 6.88. The first kappa shape index (κ1) is 8.42. The highest BCUT2D eigenvalue weighted by atomic mass is 15.1. The van der Waals surface area contributed by atoms with Gasteiger partial charge in [0.25, 0.3) is 0 Å². The van der Waals surface area contributed by atoms with E-state index in [1.807, 2.05) is 0 Å². The van der Waals surface area contributed by atoms with E-state index in [4.69, 9.17) is 0 Å². The third-order valence-corrected chi connectivity index (χ3v) is 2.63. The van der Waals surface area contributed by atoms with Crippen LogP contribution >= 0.6 is 0 Å². The molecule has 0 aromatic heterocycles. The molecule has 1 unspecified atom stereocenters. The van der Waals surface area contributed by atoms with E-state index in [9.17, 15) is 0 Å².